The van der Waals surface area contributed by atoms with Gasteiger partial charge in [0.05, 0.1) is 29.8 Å². The van der Waals surface area contributed by atoms with Crippen LogP contribution in [0.1, 0.15) is 29.9 Å². The zero-order chi connectivity index (χ0) is 13.0. The monoisotopic (exact) mass is 246 g/mol. The summed E-state index contributed by atoms with van der Waals surface area (Å²) in [4.78, 5) is 12.3. The van der Waals surface area contributed by atoms with Crippen LogP contribution in [0.4, 0.5) is 4.39 Å². The van der Waals surface area contributed by atoms with Gasteiger partial charge in [0, 0.05) is 18.0 Å². The predicted octanol–water partition coefficient (Wildman–Crippen LogP) is 2.02. The number of aromatic nitrogens is 3. The third kappa shape index (κ3) is 2.68. The van der Waals surface area contributed by atoms with Crippen molar-refractivity contribution in [1.29, 1.82) is 0 Å². The van der Waals surface area contributed by atoms with Crippen LogP contribution in [0.25, 0.3) is 0 Å². The Morgan fingerprint density at radius 3 is 2.72 bits per heavy atom. The highest BCUT2D eigenvalue weighted by molar-refractivity contribution is 5.26. The summed E-state index contributed by atoms with van der Waals surface area (Å²) in [5.41, 5.74) is 2.07. The average Bonchev–Trinajstić information content (AvgIpc) is 2.38. The first-order chi connectivity index (χ1) is 8.72. The van der Waals surface area contributed by atoms with Crippen molar-refractivity contribution in [2.75, 3.05) is 6.54 Å². The molecule has 0 aliphatic carbocycles. The van der Waals surface area contributed by atoms with Crippen molar-refractivity contribution in [2.24, 2.45) is 0 Å². The second-order valence-corrected chi connectivity index (χ2v) is 3.97. The van der Waals surface area contributed by atoms with E-state index in [4.69, 9.17) is 0 Å². The van der Waals surface area contributed by atoms with Crippen LogP contribution in [0.3, 0.4) is 0 Å². The van der Waals surface area contributed by atoms with Gasteiger partial charge in [-0.2, -0.15) is 0 Å². The quantitative estimate of drug-likeness (QED) is 0.896. The largest absolute Gasteiger partial charge is 0.305 e. The Labute approximate surface area is 105 Å². The Morgan fingerprint density at radius 2 is 2.11 bits per heavy atom. The molecule has 2 aromatic heterocycles. The summed E-state index contributed by atoms with van der Waals surface area (Å²) in [6.07, 6.45) is 6.13. The van der Waals surface area contributed by atoms with Crippen LogP contribution in [0.5, 0.6) is 0 Å². The SMILES string of the molecule is CCNC(c1cnc(C)cn1)c1ccncc1F. The Hall–Kier alpha value is -1.88. The molecule has 2 aromatic rings. The number of nitrogens with one attached hydrogen (secondary N) is 1. The molecular weight excluding hydrogens is 231 g/mol. The number of aryl methyl sites for hydroxylation is 1. The predicted molar refractivity (Wildman–Crippen MR) is 66.5 cm³/mol. The maximum atomic E-state index is 13.8. The molecule has 0 aliphatic rings. The van der Waals surface area contributed by atoms with Crippen LogP contribution in [-0.2, 0) is 0 Å². The van der Waals surface area contributed by atoms with Crippen LogP contribution >= 0.6 is 0 Å². The van der Waals surface area contributed by atoms with Crippen molar-refractivity contribution in [1.82, 2.24) is 20.3 Å². The number of halogens is 1. The third-order valence-electron chi connectivity index (χ3n) is 2.62. The Kier molecular flexibility index (Phi) is 3.94. The molecule has 0 amide bonds. The molecule has 2 rings (SSSR count). The van der Waals surface area contributed by atoms with Gasteiger partial charge in [-0.3, -0.25) is 15.0 Å². The second kappa shape index (κ2) is 5.64. The van der Waals surface area contributed by atoms with Crippen LogP contribution in [0, 0.1) is 12.7 Å². The number of hydrogen-bond acceptors (Lipinski definition) is 4. The lowest BCUT2D eigenvalue weighted by molar-refractivity contribution is 0.546. The molecule has 18 heavy (non-hydrogen) atoms. The van der Waals surface area contributed by atoms with E-state index in [-0.39, 0.29) is 11.9 Å². The summed E-state index contributed by atoms with van der Waals surface area (Å²) >= 11 is 0. The first-order valence-electron chi connectivity index (χ1n) is 5.83. The lowest BCUT2D eigenvalue weighted by Gasteiger charge is -2.17. The van der Waals surface area contributed by atoms with E-state index in [1.165, 1.54) is 6.20 Å². The van der Waals surface area contributed by atoms with E-state index in [0.29, 0.717) is 17.8 Å². The molecule has 94 valence electrons. The van der Waals surface area contributed by atoms with E-state index in [2.05, 4.69) is 20.3 Å². The molecule has 1 unspecified atom stereocenters. The normalized spacial score (nSPS) is 12.4. The smallest absolute Gasteiger partial charge is 0.146 e. The summed E-state index contributed by atoms with van der Waals surface area (Å²) in [5, 5.41) is 3.21. The molecule has 0 saturated heterocycles. The summed E-state index contributed by atoms with van der Waals surface area (Å²) in [7, 11) is 0. The topological polar surface area (TPSA) is 50.7 Å². The summed E-state index contributed by atoms with van der Waals surface area (Å²) < 4.78 is 13.8. The van der Waals surface area contributed by atoms with Gasteiger partial charge in [0.25, 0.3) is 0 Å². The van der Waals surface area contributed by atoms with Crippen molar-refractivity contribution in [3.05, 3.63) is 53.6 Å². The van der Waals surface area contributed by atoms with Gasteiger partial charge in [-0.15, -0.1) is 0 Å². The molecule has 1 N–H and O–H groups in total. The number of nitrogens with zero attached hydrogens (tertiary/aromatic N) is 3. The molecule has 1 atom stereocenters. The second-order valence-electron chi connectivity index (χ2n) is 3.97. The van der Waals surface area contributed by atoms with Crippen LogP contribution in [-0.4, -0.2) is 21.5 Å². The van der Waals surface area contributed by atoms with Gasteiger partial charge in [0.1, 0.15) is 5.82 Å². The van der Waals surface area contributed by atoms with Crippen molar-refractivity contribution >= 4 is 0 Å². The van der Waals surface area contributed by atoms with Gasteiger partial charge >= 0.3 is 0 Å². The van der Waals surface area contributed by atoms with Gasteiger partial charge in [-0.05, 0) is 19.5 Å². The average molecular weight is 246 g/mol. The molecule has 2 heterocycles. The van der Waals surface area contributed by atoms with Gasteiger partial charge in [0.2, 0.25) is 0 Å². The standard InChI is InChI=1S/C13H15FN4/c1-3-16-13(10-4-5-15-7-11(10)14)12-8-17-9(2)6-18-12/h4-8,13,16H,3H2,1-2H3. The van der Waals surface area contributed by atoms with E-state index < -0.39 is 0 Å². The van der Waals surface area contributed by atoms with Gasteiger partial charge in [-0.25, -0.2) is 4.39 Å². The summed E-state index contributed by atoms with van der Waals surface area (Å²) in [6, 6.07) is 1.36. The van der Waals surface area contributed by atoms with E-state index in [1.54, 1.807) is 24.7 Å². The Morgan fingerprint density at radius 1 is 1.28 bits per heavy atom. The molecule has 0 fully saturated rings. The first kappa shape index (κ1) is 12.6. The molecule has 0 bridgehead atoms. The fourth-order valence-electron chi connectivity index (χ4n) is 1.75. The van der Waals surface area contributed by atoms with Gasteiger partial charge in [-0.1, -0.05) is 6.92 Å². The molecule has 4 nitrogen and oxygen atoms in total. The van der Waals surface area contributed by atoms with Gasteiger partial charge in [0.15, 0.2) is 0 Å². The van der Waals surface area contributed by atoms with E-state index in [1.807, 2.05) is 13.8 Å². The molecule has 0 radical (unpaired) electrons. The lowest BCUT2D eigenvalue weighted by Crippen LogP contribution is -2.24. The zero-order valence-corrected chi connectivity index (χ0v) is 10.4. The summed E-state index contributed by atoms with van der Waals surface area (Å²) in [5.74, 6) is -0.342. The Balaban J connectivity index is 2.40. The van der Waals surface area contributed by atoms with E-state index in [0.717, 1.165) is 5.69 Å². The molecule has 5 heteroatoms. The first-order valence-corrected chi connectivity index (χ1v) is 5.83. The fraction of sp³-hybridized carbons (Fsp3) is 0.308. The van der Waals surface area contributed by atoms with Crippen LogP contribution in [0.2, 0.25) is 0 Å². The van der Waals surface area contributed by atoms with Crippen LogP contribution in [0.15, 0.2) is 30.9 Å². The highest BCUT2D eigenvalue weighted by atomic mass is 19.1. The molecular formula is C13H15FN4. The molecule has 0 aromatic carbocycles. The minimum atomic E-state index is -0.342. The minimum absolute atomic E-state index is 0.300. The van der Waals surface area contributed by atoms with Crippen molar-refractivity contribution < 1.29 is 4.39 Å². The van der Waals surface area contributed by atoms with E-state index >= 15 is 0 Å². The molecule has 0 spiro atoms. The highest BCUT2D eigenvalue weighted by Gasteiger charge is 2.18. The maximum absolute atomic E-state index is 13.8. The Bertz CT molecular complexity index is 513. The lowest BCUT2D eigenvalue weighted by atomic mass is 10.0. The fourth-order valence-corrected chi connectivity index (χ4v) is 1.75. The minimum Gasteiger partial charge on any atom is -0.305 e. The maximum Gasteiger partial charge on any atom is 0.146 e. The number of hydrogen-bond donors (Lipinski definition) is 1. The number of rotatable bonds is 4. The summed E-state index contributed by atoms with van der Waals surface area (Å²) in [6.45, 7) is 4.54. The zero-order valence-electron chi connectivity index (χ0n) is 10.4. The third-order valence-corrected chi connectivity index (χ3v) is 2.62. The van der Waals surface area contributed by atoms with Crippen molar-refractivity contribution in [3.63, 3.8) is 0 Å². The van der Waals surface area contributed by atoms with Crippen molar-refractivity contribution in [3.8, 4) is 0 Å². The van der Waals surface area contributed by atoms with Crippen molar-refractivity contribution in [2.45, 2.75) is 19.9 Å². The van der Waals surface area contributed by atoms with Crippen LogP contribution < -0.4 is 5.32 Å². The molecule has 0 saturated carbocycles. The molecule has 0 aliphatic heterocycles. The van der Waals surface area contributed by atoms with E-state index in [9.17, 15) is 4.39 Å². The van der Waals surface area contributed by atoms with Gasteiger partial charge < -0.3 is 5.32 Å². The number of pyridine rings is 1. The highest BCUT2D eigenvalue weighted by Crippen LogP contribution is 2.21.